The molecule has 112 valence electrons. The number of rotatable bonds is 6. The van der Waals surface area contributed by atoms with Crippen LogP contribution in [0.5, 0.6) is 0 Å². The van der Waals surface area contributed by atoms with Crippen molar-refractivity contribution in [1.29, 1.82) is 0 Å². The molecule has 1 aromatic carbocycles. The zero-order chi connectivity index (χ0) is 15.2. The molecule has 0 spiro atoms. The van der Waals surface area contributed by atoms with E-state index in [0.29, 0.717) is 36.2 Å². The van der Waals surface area contributed by atoms with Crippen molar-refractivity contribution >= 4 is 11.6 Å². The Hall–Kier alpha value is -2.21. The number of hydrogen-bond donors (Lipinski definition) is 1. The molecule has 2 aromatic rings. The molecule has 0 saturated heterocycles. The van der Waals surface area contributed by atoms with Gasteiger partial charge in [0.2, 0.25) is 0 Å². The number of halogens is 1. The Morgan fingerprint density at radius 3 is 2.71 bits per heavy atom. The first-order valence-corrected chi connectivity index (χ1v) is 6.63. The Labute approximate surface area is 123 Å². The molecule has 21 heavy (non-hydrogen) atoms. The molecule has 0 aliphatic rings. The highest BCUT2D eigenvalue weighted by Gasteiger charge is 2.10. The summed E-state index contributed by atoms with van der Waals surface area (Å²) in [4.78, 5) is 10.6. The summed E-state index contributed by atoms with van der Waals surface area (Å²) in [5, 5.41) is 2.99. The average Bonchev–Trinajstić information content (AvgIpc) is 2.49. The van der Waals surface area contributed by atoms with E-state index in [0.717, 1.165) is 0 Å². The standard InChI is InChI=1S/C15H19FN4O/c1-17-13-8-15(19-14(18-13)10-21-3)20(2)9-11-6-4-5-7-12(11)16/h4-8H,9-10H2,1-3H3,(H,17,18,19). The zero-order valence-corrected chi connectivity index (χ0v) is 12.4. The van der Waals surface area contributed by atoms with Gasteiger partial charge in [-0.1, -0.05) is 18.2 Å². The second kappa shape index (κ2) is 6.99. The molecular formula is C15H19FN4O. The van der Waals surface area contributed by atoms with E-state index in [1.165, 1.54) is 6.07 Å². The molecule has 0 saturated carbocycles. The third kappa shape index (κ3) is 3.88. The Morgan fingerprint density at radius 2 is 2.05 bits per heavy atom. The number of aromatic nitrogens is 2. The first kappa shape index (κ1) is 15.2. The molecule has 0 amide bonds. The zero-order valence-electron chi connectivity index (χ0n) is 12.4. The molecule has 1 N–H and O–H groups in total. The number of ether oxygens (including phenoxy) is 1. The molecule has 0 aliphatic heterocycles. The van der Waals surface area contributed by atoms with E-state index >= 15 is 0 Å². The lowest BCUT2D eigenvalue weighted by Gasteiger charge is -2.20. The highest BCUT2D eigenvalue weighted by Crippen LogP contribution is 2.18. The third-order valence-corrected chi connectivity index (χ3v) is 3.04. The molecule has 1 aromatic heterocycles. The summed E-state index contributed by atoms with van der Waals surface area (Å²) >= 11 is 0. The van der Waals surface area contributed by atoms with Crippen LogP contribution in [-0.4, -0.2) is 31.2 Å². The molecule has 0 radical (unpaired) electrons. The van der Waals surface area contributed by atoms with Gasteiger partial charge in [0.05, 0.1) is 0 Å². The monoisotopic (exact) mass is 290 g/mol. The van der Waals surface area contributed by atoms with E-state index in [-0.39, 0.29) is 5.82 Å². The van der Waals surface area contributed by atoms with Crippen LogP contribution >= 0.6 is 0 Å². The molecule has 1 heterocycles. The number of methoxy groups -OCH3 is 1. The largest absolute Gasteiger partial charge is 0.377 e. The fraction of sp³-hybridized carbons (Fsp3) is 0.333. The second-order valence-electron chi connectivity index (χ2n) is 4.66. The van der Waals surface area contributed by atoms with Gasteiger partial charge in [0.25, 0.3) is 0 Å². The van der Waals surface area contributed by atoms with Crippen LogP contribution in [0.1, 0.15) is 11.4 Å². The first-order valence-electron chi connectivity index (χ1n) is 6.63. The number of benzene rings is 1. The second-order valence-corrected chi connectivity index (χ2v) is 4.66. The Balaban J connectivity index is 2.23. The van der Waals surface area contributed by atoms with E-state index in [4.69, 9.17) is 4.74 Å². The summed E-state index contributed by atoms with van der Waals surface area (Å²) in [6.07, 6.45) is 0. The molecule has 0 bridgehead atoms. The Morgan fingerprint density at radius 1 is 1.29 bits per heavy atom. The summed E-state index contributed by atoms with van der Waals surface area (Å²) in [7, 11) is 5.25. The topological polar surface area (TPSA) is 50.3 Å². The molecule has 6 heteroatoms. The van der Waals surface area contributed by atoms with Gasteiger partial charge in [-0.05, 0) is 6.07 Å². The molecule has 0 aliphatic carbocycles. The van der Waals surface area contributed by atoms with Gasteiger partial charge in [-0.15, -0.1) is 0 Å². The fourth-order valence-electron chi connectivity index (χ4n) is 1.96. The van der Waals surface area contributed by atoms with Crippen LogP contribution in [0.4, 0.5) is 16.0 Å². The van der Waals surface area contributed by atoms with Gasteiger partial charge in [-0.3, -0.25) is 0 Å². The van der Waals surface area contributed by atoms with Crippen molar-refractivity contribution < 1.29 is 9.13 Å². The fourth-order valence-corrected chi connectivity index (χ4v) is 1.96. The number of anilines is 2. The summed E-state index contributed by atoms with van der Waals surface area (Å²) in [6, 6.07) is 8.54. The Kier molecular flexibility index (Phi) is 5.05. The summed E-state index contributed by atoms with van der Waals surface area (Å²) < 4.78 is 18.8. The third-order valence-electron chi connectivity index (χ3n) is 3.04. The maximum atomic E-state index is 13.7. The lowest BCUT2D eigenvalue weighted by molar-refractivity contribution is 0.178. The van der Waals surface area contributed by atoms with Crippen LogP contribution in [0.15, 0.2) is 30.3 Å². The van der Waals surface area contributed by atoms with Crippen molar-refractivity contribution in [1.82, 2.24) is 9.97 Å². The van der Waals surface area contributed by atoms with Crippen LogP contribution in [0.2, 0.25) is 0 Å². The van der Waals surface area contributed by atoms with Gasteiger partial charge >= 0.3 is 0 Å². The van der Waals surface area contributed by atoms with Crippen molar-refractivity contribution in [2.45, 2.75) is 13.2 Å². The molecule has 2 rings (SSSR count). The highest BCUT2D eigenvalue weighted by molar-refractivity contribution is 5.49. The van der Waals surface area contributed by atoms with Gasteiger partial charge in [0, 0.05) is 39.4 Å². The maximum absolute atomic E-state index is 13.7. The normalized spacial score (nSPS) is 10.5. The van der Waals surface area contributed by atoms with E-state index in [2.05, 4.69) is 15.3 Å². The van der Waals surface area contributed by atoms with Crippen molar-refractivity contribution in [2.75, 3.05) is 31.4 Å². The van der Waals surface area contributed by atoms with Gasteiger partial charge in [0.15, 0.2) is 5.82 Å². The molecule has 0 unspecified atom stereocenters. The summed E-state index contributed by atoms with van der Waals surface area (Å²) in [5.41, 5.74) is 0.623. The lowest BCUT2D eigenvalue weighted by Crippen LogP contribution is -2.20. The quantitative estimate of drug-likeness (QED) is 0.885. The molecule has 5 nitrogen and oxygen atoms in total. The molecule has 0 fully saturated rings. The van der Waals surface area contributed by atoms with E-state index in [1.54, 1.807) is 26.3 Å². The van der Waals surface area contributed by atoms with Crippen LogP contribution in [0.3, 0.4) is 0 Å². The average molecular weight is 290 g/mol. The van der Waals surface area contributed by atoms with Crippen LogP contribution in [0, 0.1) is 5.82 Å². The minimum Gasteiger partial charge on any atom is -0.377 e. The predicted octanol–water partition coefficient (Wildman–Crippen LogP) is 2.44. The highest BCUT2D eigenvalue weighted by atomic mass is 19.1. The number of nitrogens with one attached hydrogen (secondary N) is 1. The van der Waals surface area contributed by atoms with Crippen molar-refractivity contribution in [3.05, 3.63) is 47.5 Å². The molecule has 0 atom stereocenters. The van der Waals surface area contributed by atoms with Crippen molar-refractivity contribution in [2.24, 2.45) is 0 Å². The maximum Gasteiger partial charge on any atom is 0.158 e. The number of nitrogens with zero attached hydrogens (tertiary/aromatic N) is 3. The van der Waals surface area contributed by atoms with Crippen LogP contribution in [-0.2, 0) is 17.9 Å². The smallest absolute Gasteiger partial charge is 0.158 e. The van der Waals surface area contributed by atoms with Crippen molar-refractivity contribution in [3.8, 4) is 0 Å². The summed E-state index contributed by atoms with van der Waals surface area (Å²) in [6.45, 7) is 0.759. The van der Waals surface area contributed by atoms with Crippen LogP contribution in [0.25, 0.3) is 0 Å². The van der Waals surface area contributed by atoms with Crippen LogP contribution < -0.4 is 10.2 Å². The Bertz CT molecular complexity index is 606. The van der Waals surface area contributed by atoms with E-state index in [9.17, 15) is 4.39 Å². The minimum atomic E-state index is -0.218. The van der Waals surface area contributed by atoms with E-state index < -0.39 is 0 Å². The predicted molar refractivity (Wildman–Crippen MR) is 80.8 cm³/mol. The van der Waals surface area contributed by atoms with Gasteiger partial charge < -0.3 is 15.0 Å². The van der Waals surface area contributed by atoms with E-state index in [1.807, 2.05) is 24.1 Å². The van der Waals surface area contributed by atoms with Gasteiger partial charge in [-0.25, -0.2) is 14.4 Å². The van der Waals surface area contributed by atoms with Crippen molar-refractivity contribution in [3.63, 3.8) is 0 Å². The molecular weight excluding hydrogens is 271 g/mol. The minimum absolute atomic E-state index is 0.218. The summed E-state index contributed by atoms with van der Waals surface area (Å²) in [5.74, 6) is 1.78. The lowest BCUT2D eigenvalue weighted by atomic mass is 10.2. The number of hydrogen-bond acceptors (Lipinski definition) is 5. The first-order chi connectivity index (χ1) is 10.1. The SMILES string of the molecule is CNc1cc(N(C)Cc2ccccc2F)nc(COC)n1. The van der Waals surface area contributed by atoms with Gasteiger partial charge in [-0.2, -0.15) is 0 Å². The van der Waals surface area contributed by atoms with Gasteiger partial charge in [0.1, 0.15) is 24.1 Å².